The predicted octanol–water partition coefficient (Wildman–Crippen LogP) is 3.49. The van der Waals surface area contributed by atoms with E-state index in [-0.39, 0.29) is 0 Å². The molecule has 26 heavy (non-hydrogen) atoms. The van der Waals surface area contributed by atoms with E-state index in [1.54, 1.807) is 34.1 Å². The van der Waals surface area contributed by atoms with Gasteiger partial charge in [-0.2, -0.15) is 5.10 Å². The molecular formula is C18H12ClN7. The lowest BCUT2D eigenvalue weighted by Crippen LogP contribution is -1.99. The lowest BCUT2D eigenvalue weighted by atomic mass is 10.2. The van der Waals surface area contributed by atoms with E-state index in [4.69, 9.17) is 11.6 Å². The highest BCUT2D eigenvalue weighted by molar-refractivity contribution is 6.31. The van der Waals surface area contributed by atoms with Crippen LogP contribution in [-0.4, -0.2) is 34.3 Å². The Kier molecular flexibility index (Phi) is 3.23. The number of hydrogen-bond donors (Lipinski definition) is 0. The van der Waals surface area contributed by atoms with E-state index in [9.17, 15) is 0 Å². The van der Waals surface area contributed by atoms with E-state index in [0.717, 1.165) is 22.2 Å². The Morgan fingerprint density at radius 2 is 2.00 bits per heavy atom. The number of pyridine rings is 1. The highest BCUT2D eigenvalue weighted by Crippen LogP contribution is 2.24. The first-order valence-corrected chi connectivity index (χ1v) is 8.34. The number of aryl methyl sites for hydroxylation is 1. The van der Waals surface area contributed by atoms with E-state index in [2.05, 4.69) is 25.1 Å². The van der Waals surface area contributed by atoms with Gasteiger partial charge in [0.2, 0.25) is 0 Å². The molecule has 0 amide bonds. The molecule has 126 valence electrons. The van der Waals surface area contributed by atoms with Crippen molar-refractivity contribution in [1.82, 2.24) is 34.3 Å². The number of nitrogens with zero attached hydrogens (tertiary/aromatic N) is 7. The Morgan fingerprint density at radius 1 is 1.08 bits per heavy atom. The minimum absolute atomic E-state index is 0.596. The van der Waals surface area contributed by atoms with Crippen molar-refractivity contribution in [3.63, 3.8) is 0 Å². The summed E-state index contributed by atoms with van der Waals surface area (Å²) in [5, 5.41) is 10.5. The van der Waals surface area contributed by atoms with Gasteiger partial charge in [-0.25, -0.2) is 19.2 Å². The van der Waals surface area contributed by atoms with Crippen LogP contribution in [0, 0.1) is 6.92 Å². The zero-order valence-corrected chi connectivity index (χ0v) is 14.5. The van der Waals surface area contributed by atoms with Crippen molar-refractivity contribution in [3.05, 3.63) is 65.8 Å². The number of fused-ring (bicyclic) bond motifs is 3. The molecule has 0 N–H and O–H groups in total. The average molecular weight is 362 g/mol. The van der Waals surface area contributed by atoms with Crippen LogP contribution in [0.25, 0.3) is 33.8 Å². The Bertz CT molecular complexity index is 1260. The zero-order chi connectivity index (χ0) is 17.7. The third-order valence-corrected chi connectivity index (χ3v) is 4.63. The lowest BCUT2D eigenvalue weighted by Gasteiger charge is -2.05. The number of rotatable bonds is 2. The Hall–Kier alpha value is -3.32. The maximum atomic E-state index is 6.25. The molecule has 0 unspecified atom stereocenters. The number of benzene rings is 1. The molecule has 7 nitrogen and oxygen atoms in total. The molecule has 1 aromatic carbocycles. The maximum absolute atomic E-state index is 6.25. The molecule has 0 saturated heterocycles. The monoisotopic (exact) mass is 361 g/mol. The van der Waals surface area contributed by atoms with E-state index in [1.807, 2.05) is 37.3 Å². The fraction of sp³-hybridized carbons (Fsp3) is 0.0556. The van der Waals surface area contributed by atoms with Gasteiger partial charge in [0.1, 0.15) is 6.33 Å². The maximum Gasteiger partial charge on any atom is 0.183 e. The molecule has 0 spiro atoms. The molecule has 5 aromatic rings. The smallest absolute Gasteiger partial charge is 0.183 e. The van der Waals surface area contributed by atoms with Crippen LogP contribution in [0.3, 0.4) is 0 Å². The molecule has 0 aliphatic rings. The number of halogens is 1. The second-order valence-corrected chi connectivity index (χ2v) is 6.32. The van der Waals surface area contributed by atoms with Crippen molar-refractivity contribution >= 4 is 28.3 Å². The standard InChI is InChI=1S/C18H12ClN7/c1-11-4-5-13(7-15(11)19)26-17-14(9-22-26)18-23-16(24-25(18)10-21-17)12-3-2-6-20-8-12/h2-10H,1H3. The first-order chi connectivity index (χ1) is 12.7. The van der Waals surface area contributed by atoms with Crippen LogP contribution in [-0.2, 0) is 0 Å². The summed E-state index contributed by atoms with van der Waals surface area (Å²) in [7, 11) is 0. The fourth-order valence-electron chi connectivity index (χ4n) is 2.84. The summed E-state index contributed by atoms with van der Waals surface area (Å²) >= 11 is 6.25. The Morgan fingerprint density at radius 3 is 2.81 bits per heavy atom. The van der Waals surface area contributed by atoms with Crippen molar-refractivity contribution in [1.29, 1.82) is 0 Å². The third kappa shape index (κ3) is 2.25. The molecule has 8 heteroatoms. The third-order valence-electron chi connectivity index (χ3n) is 4.23. The van der Waals surface area contributed by atoms with Gasteiger partial charge in [0.05, 0.1) is 17.3 Å². The van der Waals surface area contributed by atoms with Crippen LogP contribution >= 0.6 is 11.6 Å². The first-order valence-electron chi connectivity index (χ1n) is 7.97. The van der Waals surface area contributed by atoms with Crippen LogP contribution in [0.1, 0.15) is 5.56 Å². The summed E-state index contributed by atoms with van der Waals surface area (Å²) in [4.78, 5) is 13.3. The summed E-state index contributed by atoms with van der Waals surface area (Å²) in [6, 6.07) is 9.57. The molecule has 5 rings (SSSR count). The van der Waals surface area contributed by atoms with E-state index < -0.39 is 0 Å². The zero-order valence-electron chi connectivity index (χ0n) is 13.7. The molecule has 4 aromatic heterocycles. The van der Waals surface area contributed by atoms with Crippen molar-refractivity contribution in [2.24, 2.45) is 0 Å². The van der Waals surface area contributed by atoms with Crippen LogP contribution in [0.4, 0.5) is 0 Å². The van der Waals surface area contributed by atoms with Crippen LogP contribution < -0.4 is 0 Å². The summed E-state index contributed by atoms with van der Waals surface area (Å²) < 4.78 is 3.40. The lowest BCUT2D eigenvalue weighted by molar-refractivity contribution is 0.882. The topological polar surface area (TPSA) is 73.8 Å². The normalized spacial score (nSPS) is 11.5. The van der Waals surface area contributed by atoms with Gasteiger partial charge in [-0.05, 0) is 36.8 Å². The molecule has 0 aliphatic heterocycles. The SMILES string of the molecule is Cc1ccc(-n2ncc3c2ncn2nc(-c4cccnc4)nc32)cc1Cl. The number of hydrogen-bond acceptors (Lipinski definition) is 5. The van der Waals surface area contributed by atoms with E-state index in [1.165, 1.54) is 0 Å². The summed E-state index contributed by atoms with van der Waals surface area (Å²) in [5.74, 6) is 0.596. The molecule has 0 saturated carbocycles. The highest BCUT2D eigenvalue weighted by Gasteiger charge is 2.14. The quantitative estimate of drug-likeness (QED) is 0.481. The van der Waals surface area contributed by atoms with Gasteiger partial charge in [-0.1, -0.05) is 17.7 Å². The van der Waals surface area contributed by atoms with Crippen molar-refractivity contribution < 1.29 is 0 Å². The average Bonchev–Trinajstić information content (AvgIpc) is 3.28. The molecule has 0 radical (unpaired) electrons. The van der Waals surface area contributed by atoms with Gasteiger partial charge in [0.15, 0.2) is 17.1 Å². The molecule has 0 bridgehead atoms. The van der Waals surface area contributed by atoms with Crippen molar-refractivity contribution in [2.75, 3.05) is 0 Å². The molecule has 4 heterocycles. The Balaban J connectivity index is 1.71. The van der Waals surface area contributed by atoms with Crippen LogP contribution in [0.2, 0.25) is 5.02 Å². The molecule has 0 aliphatic carbocycles. The van der Waals surface area contributed by atoms with Gasteiger partial charge < -0.3 is 0 Å². The largest absolute Gasteiger partial charge is 0.264 e. The second kappa shape index (κ2) is 5.60. The minimum Gasteiger partial charge on any atom is -0.264 e. The van der Waals surface area contributed by atoms with E-state index >= 15 is 0 Å². The predicted molar refractivity (Wildman–Crippen MR) is 98.4 cm³/mol. The van der Waals surface area contributed by atoms with E-state index in [0.29, 0.717) is 22.1 Å². The minimum atomic E-state index is 0.596. The van der Waals surface area contributed by atoms with Crippen LogP contribution in [0.15, 0.2) is 55.2 Å². The van der Waals surface area contributed by atoms with Gasteiger partial charge in [0, 0.05) is 23.0 Å². The summed E-state index contributed by atoms with van der Waals surface area (Å²) in [5.41, 5.74) is 4.10. The highest BCUT2D eigenvalue weighted by atomic mass is 35.5. The van der Waals surface area contributed by atoms with Gasteiger partial charge >= 0.3 is 0 Å². The molecular weight excluding hydrogens is 350 g/mol. The van der Waals surface area contributed by atoms with Crippen LogP contribution in [0.5, 0.6) is 0 Å². The first kappa shape index (κ1) is 15.0. The van der Waals surface area contributed by atoms with Crippen molar-refractivity contribution in [2.45, 2.75) is 6.92 Å². The molecule has 0 fully saturated rings. The fourth-order valence-corrected chi connectivity index (χ4v) is 3.02. The summed E-state index contributed by atoms with van der Waals surface area (Å²) in [6.07, 6.45) is 6.83. The second-order valence-electron chi connectivity index (χ2n) is 5.92. The summed E-state index contributed by atoms with van der Waals surface area (Å²) in [6.45, 7) is 1.96. The van der Waals surface area contributed by atoms with Gasteiger partial charge in [-0.15, -0.1) is 5.10 Å². The van der Waals surface area contributed by atoms with Gasteiger partial charge in [-0.3, -0.25) is 4.98 Å². The van der Waals surface area contributed by atoms with Gasteiger partial charge in [0.25, 0.3) is 0 Å². The Labute approximate surface area is 152 Å². The number of aromatic nitrogens is 7. The van der Waals surface area contributed by atoms with Crippen molar-refractivity contribution in [3.8, 4) is 17.1 Å². The molecule has 0 atom stereocenters.